The summed E-state index contributed by atoms with van der Waals surface area (Å²) in [5.74, 6) is -0.183. The van der Waals surface area contributed by atoms with Gasteiger partial charge in [-0.2, -0.15) is 15.1 Å². The van der Waals surface area contributed by atoms with Crippen molar-refractivity contribution in [1.29, 1.82) is 0 Å². The van der Waals surface area contributed by atoms with Gasteiger partial charge in [0.05, 0.1) is 10.6 Å². The van der Waals surface area contributed by atoms with Gasteiger partial charge in [0.2, 0.25) is 23.4 Å². The summed E-state index contributed by atoms with van der Waals surface area (Å²) in [5, 5.41) is 10.8. The van der Waals surface area contributed by atoms with E-state index in [-0.39, 0.29) is 45.8 Å². The Morgan fingerprint density at radius 3 is 2.66 bits per heavy atom. The molecule has 12 heteroatoms. The van der Waals surface area contributed by atoms with Gasteiger partial charge in [-0.25, -0.2) is 14.4 Å². The molecule has 0 radical (unpaired) electrons. The van der Waals surface area contributed by atoms with Gasteiger partial charge in [0.25, 0.3) is 0 Å². The minimum Gasteiger partial charge on any atom is -0.338 e. The van der Waals surface area contributed by atoms with Crippen LogP contribution in [-0.2, 0) is 12.5 Å². The summed E-state index contributed by atoms with van der Waals surface area (Å²) in [7, 11) is 1.78. The highest BCUT2D eigenvalue weighted by Gasteiger charge is 2.26. The number of nitrogens with one attached hydrogen (secondary N) is 1. The second-order valence-electron chi connectivity index (χ2n) is 9.16. The first-order valence-electron chi connectivity index (χ1n) is 10.8. The van der Waals surface area contributed by atoms with Crippen molar-refractivity contribution in [2.75, 3.05) is 5.32 Å². The van der Waals surface area contributed by atoms with Crippen LogP contribution in [0.15, 0.2) is 35.2 Å². The second-order valence-corrected chi connectivity index (χ2v) is 9.54. The number of ketones is 1. The molecular formula is C23H24ClFN8O2. The lowest BCUT2D eigenvalue weighted by Gasteiger charge is -2.14. The van der Waals surface area contributed by atoms with E-state index in [1.165, 1.54) is 12.4 Å². The molecule has 1 N–H and O–H groups in total. The number of carbonyl (C=O) groups is 1. The van der Waals surface area contributed by atoms with Crippen molar-refractivity contribution in [2.24, 2.45) is 7.05 Å². The van der Waals surface area contributed by atoms with E-state index in [0.717, 1.165) is 0 Å². The van der Waals surface area contributed by atoms with Crippen LogP contribution < -0.4 is 5.32 Å². The smallest absolute Gasteiger partial charge is 0.238 e. The molecule has 182 valence electrons. The van der Waals surface area contributed by atoms with Crippen molar-refractivity contribution in [3.63, 3.8) is 0 Å². The summed E-state index contributed by atoms with van der Waals surface area (Å²) in [6, 6.07) is 4.94. The fourth-order valence-electron chi connectivity index (χ4n) is 3.32. The third kappa shape index (κ3) is 5.35. The maximum atomic E-state index is 15.3. The standard InChI is InChI=1S/C23H24ClFN8O2/c1-12(10-15(34)20-29-21(35-32-20)23(2,3)4)13-6-7-14(18(25)17(13)24)19-26-11-27-22(30-19)28-16-8-9-33(5)31-16/h6-9,11-12H,10H2,1-5H3,(H,26,27,28,30,31)/t12-/m0/s1. The summed E-state index contributed by atoms with van der Waals surface area (Å²) in [6.07, 6.45) is 3.06. The normalized spacial score (nSPS) is 12.5. The number of hydrogen-bond donors (Lipinski definition) is 1. The SMILES string of the molecule is C[C@@H](CC(=O)c1noc(C(C)(C)C)n1)c1ccc(-c2ncnc(Nc3ccn(C)n3)n2)c(F)c1Cl. The van der Waals surface area contributed by atoms with E-state index in [4.69, 9.17) is 16.1 Å². The Balaban J connectivity index is 1.53. The topological polar surface area (TPSA) is 125 Å². The number of aryl methyl sites for hydroxylation is 1. The average molecular weight is 499 g/mol. The highest BCUT2D eigenvalue weighted by atomic mass is 35.5. The summed E-state index contributed by atoms with van der Waals surface area (Å²) in [6.45, 7) is 7.50. The van der Waals surface area contributed by atoms with Crippen molar-refractivity contribution in [3.8, 4) is 11.4 Å². The van der Waals surface area contributed by atoms with Crippen LogP contribution in [0.3, 0.4) is 0 Å². The van der Waals surface area contributed by atoms with Gasteiger partial charge in [-0.1, -0.05) is 50.5 Å². The summed E-state index contributed by atoms with van der Waals surface area (Å²) in [4.78, 5) is 29.3. The summed E-state index contributed by atoms with van der Waals surface area (Å²) >= 11 is 6.37. The van der Waals surface area contributed by atoms with Crippen LogP contribution in [0.2, 0.25) is 5.02 Å². The second kappa shape index (κ2) is 9.49. The monoisotopic (exact) mass is 498 g/mol. The Morgan fingerprint density at radius 1 is 1.23 bits per heavy atom. The zero-order valence-corrected chi connectivity index (χ0v) is 20.6. The van der Waals surface area contributed by atoms with E-state index in [9.17, 15) is 4.79 Å². The number of rotatable bonds is 7. The molecule has 3 heterocycles. The molecule has 10 nitrogen and oxygen atoms in total. The molecule has 1 aromatic carbocycles. The van der Waals surface area contributed by atoms with Crippen molar-refractivity contribution in [1.82, 2.24) is 34.9 Å². The van der Waals surface area contributed by atoms with Crippen LogP contribution in [0.4, 0.5) is 16.2 Å². The number of benzene rings is 1. The van der Waals surface area contributed by atoms with Crippen LogP contribution in [0.5, 0.6) is 0 Å². The van der Waals surface area contributed by atoms with E-state index < -0.39 is 11.7 Å². The van der Waals surface area contributed by atoms with E-state index in [1.807, 2.05) is 20.8 Å². The highest BCUT2D eigenvalue weighted by molar-refractivity contribution is 6.32. The molecule has 0 bridgehead atoms. The number of carbonyl (C=O) groups excluding carboxylic acids is 1. The van der Waals surface area contributed by atoms with Gasteiger partial charge in [0, 0.05) is 31.1 Å². The first-order chi connectivity index (χ1) is 16.5. The number of nitrogens with zero attached hydrogens (tertiary/aromatic N) is 7. The third-order valence-electron chi connectivity index (χ3n) is 5.22. The molecule has 0 aliphatic heterocycles. The Hall–Kier alpha value is -3.73. The lowest BCUT2D eigenvalue weighted by atomic mass is 9.94. The summed E-state index contributed by atoms with van der Waals surface area (Å²) < 4.78 is 22.1. The average Bonchev–Trinajstić information content (AvgIpc) is 3.45. The molecule has 3 aromatic heterocycles. The predicted octanol–water partition coefficient (Wildman–Crippen LogP) is 4.87. The van der Waals surface area contributed by atoms with E-state index in [2.05, 4.69) is 35.5 Å². The largest absolute Gasteiger partial charge is 0.338 e. The van der Waals surface area contributed by atoms with Crippen molar-refractivity contribution < 1.29 is 13.7 Å². The van der Waals surface area contributed by atoms with Gasteiger partial charge in [0.15, 0.2) is 17.5 Å². The van der Waals surface area contributed by atoms with Crippen LogP contribution in [0.1, 0.15) is 62.1 Å². The lowest BCUT2D eigenvalue weighted by molar-refractivity contribution is 0.0962. The zero-order valence-electron chi connectivity index (χ0n) is 19.9. The number of anilines is 2. The molecule has 35 heavy (non-hydrogen) atoms. The van der Waals surface area contributed by atoms with E-state index in [1.54, 1.807) is 37.0 Å². The minimum absolute atomic E-state index is 0.00638. The van der Waals surface area contributed by atoms with Crippen molar-refractivity contribution >= 4 is 29.2 Å². The predicted molar refractivity (Wildman–Crippen MR) is 127 cm³/mol. The Labute approximate surface area is 206 Å². The molecule has 0 unspecified atom stereocenters. The third-order valence-corrected chi connectivity index (χ3v) is 5.60. The molecular weight excluding hydrogens is 475 g/mol. The van der Waals surface area contributed by atoms with Gasteiger partial charge in [-0.3, -0.25) is 9.48 Å². The maximum Gasteiger partial charge on any atom is 0.238 e. The lowest BCUT2D eigenvalue weighted by Crippen LogP contribution is -2.13. The Kier molecular flexibility index (Phi) is 6.62. The van der Waals surface area contributed by atoms with Crippen LogP contribution in [0, 0.1) is 5.82 Å². The summed E-state index contributed by atoms with van der Waals surface area (Å²) in [5.41, 5.74) is 0.208. The van der Waals surface area contributed by atoms with Crippen LogP contribution in [-0.4, -0.2) is 40.7 Å². The molecule has 4 rings (SSSR count). The maximum absolute atomic E-state index is 15.3. The fourth-order valence-corrected chi connectivity index (χ4v) is 3.67. The number of Topliss-reactive ketones (excluding diaryl/α,β-unsaturated/α-hetero) is 1. The van der Waals surface area contributed by atoms with Gasteiger partial charge >= 0.3 is 0 Å². The van der Waals surface area contributed by atoms with E-state index >= 15 is 4.39 Å². The van der Waals surface area contributed by atoms with Crippen molar-refractivity contribution in [3.05, 3.63) is 58.8 Å². The molecule has 0 saturated carbocycles. The van der Waals surface area contributed by atoms with E-state index in [0.29, 0.717) is 17.3 Å². The minimum atomic E-state index is -0.687. The Bertz CT molecular complexity index is 1380. The molecule has 0 amide bonds. The van der Waals surface area contributed by atoms with Gasteiger partial charge in [-0.15, -0.1) is 0 Å². The van der Waals surface area contributed by atoms with Gasteiger partial charge < -0.3 is 9.84 Å². The molecule has 0 aliphatic rings. The quantitative estimate of drug-likeness (QED) is 0.355. The van der Waals surface area contributed by atoms with Crippen molar-refractivity contribution in [2.45, 2.75) is 45.4 Å². The fraction of sp³-hybridized carbons (Fsp3) is 0.348. The van der Waals surface area contributed by atoms with Gasteiger partial charge in [0.1, 0.15) is 6.33 Å². The zero-order chi connectivity index (χ0) is 25.3. The molecule has 0 spiro atoms. The first-order valence-corrected chi connectivity index (χ1v) is 11.2. The molecule has 0 fully saturated rings. The van der Waals surface area contributed by atoms with Gasteiger partial charge in [-0.05, 0) is 17.5 Å². The van der Waals surface area contributed by atoms with Crippen LogP contribution >= 0.6 is 11.6 Å². The van der Waals surface area contributed by atoms with Crippen LogP contribution in [0.25, 0.3) is 11.4 Å². The number of hydrogen-bond acceptors (Lipinski definition) is 9. The highest BCUT2D eigenvalue weighted by Crippen LogP contribution is 2.34. The molecule has 4 aromatic rings. The molecule has 0 aliphatic carbocycles. The molecule has 0 saturated heterocycles. The number of aromatic nitrogens is 7. The Morgan fingerprint density at radius 2 is 2.00 bits per heavy atom. The first kappa shape index (κ1) is 24.4. The molecule has 1 atom stereocenters. The number of halogens is 2.